The van der Waals surface area contributed by atoms with Crippen molar-refractivity contribution >= 4 is 37.1 Å². The Labute approximate surface area is 177 Å². The summed E-state index contributed by atoms with van der Waals surface area (Å²) < 4.78 is 10.9. The minimum absolute atomic E-state index is 0.0878. The molecular weight excluding hydrogens is 398 g/mol. The largest absolute Gasteiger partial charge is 0.454 e. The van der Waals surface area contributed by atoms with Gasteiger partial charge in [0.1, 0.15) is 5.69 Å². The van der Waals surface area contributed by atoms with Crippen LogP contribution >= 0.6 is 0 Å². The van der Waals surface area contributed by atoms with Crippen molar-refractivity contribution in [1.29, 1.82) is 0 Å². The SMILES string of the molecule is Cc1cc2c(cc1Nc1ncc3c(n1)N(C1CC[Si](C)(C)C1)CC(=O)N3C)OCO2. The first kappa shape index (κ1) is 19.2. The Morgan fingerprint density at radius 3 is 2.73 bits per heavy atom. The van der Waals surface area contributed by atoms with E-state index in [0.717, 1.165) is 34.9 Å². The van der Waals surface area contributed by atoms with Crippen LogP contribution in [0.2, 0.25) is 25.2 Å². The second-order valence-corrected chi connectivity index (χ2v) is 14.4. The average Bonchev–Trinajstić information content (AvgIpc) is 3.30. The number of fused-ring (bicyclic) bond motifs is 2. The van der Waals surface area contributed by atoms with Crippen molar-refractivity contribution < 1.29 is 14.3 Å². The van der Waals surface area contributed by atoms with Crippen molar-refractivity contribution in [3.63, 3.8) is 0 Å². The molecule has 0 saturated carbocycles. The Bertz CT molecular complexity index is 1030. The number of aryl methyl sites for hydroxylation is 1. The Morgan fingerprint density at radius 2 is 2.00 bits per heavy atom. The fourth-order valence-corrected chi connectivity index (χ4v) is 7.62. The number of nitrogens with zero attached hydrogens (tertiary/aromatic N) is 4. The summed E-state index contributed by atoms with van der Waals surface area (Å²) in [6.45, 7) is 7.48. The molecule has 1 atom stereocenters. The van der Waals surface area contributed by atoms with Crippen molar-refractivity contribution in [3.8, 4) is 11.5 Å². The maximum Gasteiger partial charge on any atom is 0.246 e. The highest BCUT2D eigenvalue weighted by Crippen LogP contribution is 2.41. The molecule has 0 aliphatic carbocycles. The topological polar surface area (TPSA) is 79.8 Å². The molecule has 1 fully saturated rings. The van der Waals surface area contributed by atoms with Crippen LogP contribution in [-0.4, -0.2) is 50.4 Å². The summed E-state index contributed by atoms with van der Waals surface area (Å²) in [5, 5.41) is 3.33. The second-order valence-electron chi connectivity index (χ2n) is 9.19. The van der Waals surface area contributed by atoms with Gasteiger partial charge in [0.2, 0.25) is 18.6 Å². The van der Waals surface area contributed by atoms with E-state index < -0.39 is 8.07 Å². The highest BCUT2D eigenvalue weighted by molar-refractivity contribution is 6.78. The van der Waals surface area contributed by atoms with Gasteiger partial charge in [0, 0.05) is 32.9 Å². The molecule has 5 rings (SSSR count). The molecule has 1 amide bonds. The number of hydrogen-bond donors (Lipinski definition) is 1. The van der Waals surface area contributed by atoms with Crippen LogP contribution in [-0.2, 0) is 4.79 Å². The van der Waals surface area contributed by atoms with Crippen molar-refractivity contribution in [2.45, 2.75) is 44.6 Å². The molecule has 0 bridgehead atoms. The highest BCUT2D eigenvalue weighted by atomic mass is 28.3. The molecular formula is C21H27N5O3Si. The smallest absolute Gasteiger partial charge is 0.246 e. The van der Waals surface area contributed by atoms with Gasteiger partial charge in [0.15, 0.2) is 17.3 Å². The van der Waals surface area contributed by atoms with Crippen LogP contribution in [0.5, 0.6) is 11.5 Å². The Hall–Kier alpha value is -2.81. The number of nitrogens with one attached hydrogen (secondary N) is 1. The maximum absolute atomic E-state index is 12.6. The Morgan fingerprint density at radius 1 is 1.23 bits per heavy atom. The first-order valence-corrected chi connectivity index (χ1v) is 13.8. The predicted molar refractivity (Wildman–Crippen MR) is 119 cm³/mol. The molecule has 1 aromatic heterocycles. The van der Waals surface area contributed by atoms with Gasteiger partial charge in [-0.2, -0.15) is 4.98 Å². The normalized spacial score (nSPS) is 21.7. The van der Waals surface area contributed by atoms with Crippen molar-refractivity contribution in [1.82, 2.24) is 9.97 Å². The lowest BCUT2D eigenvalue weighted by atomic mass is 10.1. The van der Waals surface area contributed by atoms with E-state index in [1.54, 1.807) is 18.1 Å². The molecule has 8 nitrogen and oxygen atoms in total. The van der Waals surface area contributed by atoms with Crippen LogP contribution in [0.3, 0.4) is 0 Å². The van der Waals surface area contributed by atoms with Gasteiger partial charge in [0.25, 0.3) is 0 Å². The number of amides is 1. The number of hydrogen-bond acceptors (Lipinski definition) is 7. The standard InChI is InChI=1S/C21H27N5O3Si/c1-13-7-17-18(29-12-28-17)8-15(13)23-21-22-9-16-20(24-21)26(10-19(27)25(16)2)14-5-6-30(3,4)11-14/h7-9,14H,5-6,10-12H2,1-4H3,(H,22,23,24). The fraction of sp³-hybridized carbons (Fsp3) is 0.476. The van der Waals surface area contributed by atoms with Gasteiger partial charge in [-0.25, -0.2) is 4.98 Å². The van der Waals surface area contributed by atoms with Gasteiger partial charge in [-0.15, -0.1) is 0 Å². The van der Waals surface area contributed by atoms with Gasteiger partial charge in [-0.1, -0.05) is 19.1 Å². The minimum Gasteiger partial charge on any atom is -0.454 e. The molecule has 3 aliphatic heterocycles. The van der Waals surface area contributed by atoms with Crippen LogP contribution in [0.15, 0.2) is 18.3 Å². The van der Waals surface area contributed by atoms with E-state index in [1.807, 2.05) is 19.1 Å². The molecule has 30 heavy (non-hydrogen) atoms. The summed E-state index contributed by atoms with van der Waals surface area (Å²) in [4.78, 5) is 25.8. The molecule has 1 aromatic carbocycles. The lowest BCUT2D eigenvalue weighted by Crippen LogP contribution is -2.48. The third-order valence-corrected chi connectivity index (χ3v) is 9.63. The first-order valence-electron chi connectivity index (χ1n) is 10.4. The van der Waals surface area contributed by atoms with E-state index in [-0.39, 0.29) is 12.7 Å². The van der Waals surface area contributed by atoms with Crippen molar-refractivity contribution in [2.24, 2.45) is 0 Å². The molecule has 4 heterocycles. The number of benzene rings is 1. The molecule has 1 saturated heterocycles. The van der Waals surface area contributed by atoms with E-state index in [4.69, 9.17) is 14.5 Å². The van der Waals surface area contributed by atoms with Crippen LogP contribution in [0, 0.1) is 6.92 Å². The van der Waals surface area contributed by atoms with Gasteiger partial charge >= 0.3 is 0 Å². The third-order valence-electron chi connectivity index (χ3n) is 6.41. The quantitative estimate of drug-likeness (QED) is 0.754. The molecule has 1 N–H and O–H groups in total. The summed E-state index contributed by atoms with van der Waals surface area (Å²) in [6, 6.07) is 6.72. The van der Waals surface area contributed by atoms with E-state index in [2.05, 4.69) is 28.3 Å². The lowest BCUT2D eigenvalue weighted by molar-refractivity contribution is -0.117. The zero-order valence-corrected chi connectivity index (χ0v) is 18.9. The maximum atomic E-state index is 12.6. The zero-order valence-electron chi connectivity index (χ0n) is 17.9. The molecule has 9 heteroatoms. The van der Waals surface area contributed by atoms with Gasteiger partial charge < -0.3 is 24.6 Å². The predicted octanol–water partition coefficient (Wildman–Crippen LogP) is 3.52. The number of likely N-dealkylation sites (N-methyl/N-ethyl adjacent to an activating group) is 1. The fourth-order valence-electron chi connectivity index (χ4n) is 4.60. The number of anilines is 4. The Kier molecular flexibility index (Phi) is 4.39. The van der Waals surface area contributed by atoms with Gasteiger partial charge in [-0.05, 0) is 31.0 Å². The number of aromatic nitrogens is 2. The van der Waals surface area contributed by atoms with Crippen LogP contribution < -0.4 is 24.6 Å². The third kappa shape index (κ3) is 3.26. The van der Waals surface area contributed by atoms with Crippen LogP contribution in [0.4, 0.5) is 23.1 Å². The molecule has 1 unspecified atom stereocenters. The van der Waals surface area contributed by atoms with E-state index in [9.17, 15) is 4.79 Å². The summed E-state index contributed by atoms with van der Waals surface area (Å²) >= 11 is 0. The van der Waals surface area contributed by atoms with Crippen molar-refractivity contribution in [2.75, 3.05) is 35.5 Å². The second kappa shape index (κ2) is 6.87. The highest BCUT2D eigenvalue weighted by Gasteiger charge is 2.40. The number of carbonyl (C=O) groups is 1. The van der Waals surface area contributed by atoms with Crippen LogP contribution in [0.1, 0.15) is 12.0 Å². The number of ether oxygens (including phenoxy) is 2. The summed E-state index contributed by atoms with van der Waals surface area (Å²) in [7, 11) is 0.605. The summed E-state index contributed by atoms with van der Waals surface area (Å²) in [5.41, 5.74) is 2.67. The Balaban J connectivity index is 1.48. The molecule has 158 valence electrons. The monoisotopic (exact) mass is 425 g/mol. The molecule has 0 radical (unpaired) electrons. The van der Waals surface area contributed by atoms with Gasteiger partial charge in [-0.3, -0.25) is 4.79 Å². The molecule has 3 aliphatic rings. The number of rotatable bonds is 3. The molecule has 2 aromatic rings. The minimum atomic E-state index is -1.19. The van der Waals surface area contributed by atoms with E-state index >= 15 is 0 Å². The first-order chi connectivity index (χ1) is 14.3. The average molecular weight is 426 g/mol. The summed E-state index contributed by atoms with van der Waals surface area (Å²) in [6.07, 6.45) is 2.87. The van der Waals surface area contributed by atoms with E-state index in [0.29, 0.717) is 24.3 Å². The van der Waals surface area contributed by atoms with Crippen LogP contribution in [0.25, 0.3) is 0 Å². The van der Waals surface area contributed by atoms with Crippen molar-refractivity contribution in [3.05, 3.63) is 23.9 Å². The number of carbonyl (C=O) groups excluding carboxylic acids is 1. The van der Waals surface area contributed by atoms with E-state index in [1.165, 1.54) is 12.1 Å². The molecule has 0 spiro atoms. The summed E-state index contributed by atoms with van der Waals surface area (Å²) in [5.74, 6) is 2.90. The lowest BCUT2D eigenvalue weighted by Gasteiger charge is -2.38. The van der Waals surface area contributed by atoms with Gasteiger partial charge in [0.05, 0.1) is 12.7 Å². The zero-order chi connectivity index (χ0) is 21.0.